The molecule has 0 aliphatic carbocycles. The van der Waals surface area contributed by atoms with E-state index in [0.717, 1.165) is 6.07 Å². The zero-order valence-electron chi connectivity index (χ0n) is 10.2. The predicted octanol–water partition coefficient (Wildman–Crippen LogP) is 2.85. The molecule has 1 aromatic carbocycles. The van der Waals surface area contributed by atoms with E-state index >= 15 is 0 Å². The normalized spacial score (nSPS) is 11.7. The minimum Gasteiger partial charge on any atom is -0.480 e. The Balaban J connectivity index is 2.68. The fourth-order valence-corrected chi connectivity index (χ4v) is 1.63. The second-order valence-electron chi connectivity index (χ2n) is 3.90. The number of urea groups is 1. The lowest BCUT2D eigenvalue weighted by Crippen LogP contribution is -2.43. The summed E-state index contributed by atoms with van der Waals surface area (Å²) in [5.41, 5.74) is -0.106. The molecule has 0 saturated heterocycles. The lowest BCUT2D eigenvalue weighted by atomic mass is 10.2. The Morgan fingerprint density at radius 1 is 1.47 bits per heavy atom. The van der Waals surface area contributed by atoms with E-state index in [0.29, 0.717) is 12.8 Å². The van der Waals surface area contributed by atoms with Gasteiger partial charge in [-0.05, 0) is 24.6 Å². The highest BCUT2D eigenvalue weighted by Crippen LogP contribution is 2.19. The number of aliphatic carboxylic acids is 1. The molecule has 0 spiro atoms. The van der Waals surface area contributed by atoms with Crippen LogP contribution in [0.4, 0.5) is 14.9 Å². The third-order valence-corrected chi connectivity index (χ3v) is 2.59. The van der Waals surface area contributed by atoms with Crippen LogP contribution in [0.15, 0.2) is 18.2 Å². The highest BCUT2D eigenvalue weighted by atomic mass is 35.5. The van der Waals surface area contributed by atoms with Crippen molar-refractivity contribution in [3.05, 3.63) is 29.0 Å². The summed E-state index contributed by atoms with van der Waals surface area (Å²) < 4.78 is 13.4. The molecule has 1 atom stereocenters. The fourth-order valence-electron chi connectivity index (χ4n) is 1.46. The van der Waals surface area contributed by atoms with E-state index in [1.807, 2.05) is 0 Å². The Kier molecular flexibility index (Phi) is 5.57. The van der Waals surface area contributed by atoms with Gasteiger partial charge in [-0.3, -0.25) is 0 Å². The number of halogens is 2. The monoisotopic (exact) mass is 288 g/mol. The Bertz CT molecular complexity index is 482. The second-order valence-corrected chi connectivity index (χ2v) is 4.34. The number of amides is 2. The van der Waals surface area contributed by atoms with Crippen molar-refractivity contribution in [3.63, 3.8) is 0 Å². The van der Waals surface area contributed by atoms with E-state index in [1.54, 1.807) is 6.92 Å². The molecule has 0 saturated carbocycles. The lowest BCUT2D eigenvalue weighted by Gasteiger charge is -2.14. The Morgan fingerprint density at radius 3 is 2.74 bits per heavy atom. The molecule has 0 bridgehead atoms. The van der Waals surface area contributed by atoms with Gasteiger partial charge in [0.1, 0.15) is 11.9 Å². The average Bonchev–Trinajstić information content (AvgIpc) is 2.33. The Hall–Kier alpha value is -1.82. The van der Waals surface area contributed by atoms with Crippen molar-refractivity contribution >= 4 is 29.3 Å². The van der Waals surface area contributed by atoms with Crippen LogP contribution in [0.3, 0.4) is 0 Å². The maximum atomic E-state index is 13.4. The number of hydrogen-bond acceptors (Lipinski definition) is 2. The van der Waals surface area contributed by atoms with Gasteiger partial charge >= 0.3 is 12.0 Å². The van der Waals surface area contributed by atoms with Crippen molar-refractivity contribution < 1.29 is 19.1 Å². The summed E-state index contributed by atoms with van der Waals surface area (Å²) in [6.07, 6.45) is 0.892. The summed E-state index contributed by atoms with van der Waals surface area (Å²) in [7, 11) is 0. The minimum absolute atomic E-state index is 0.106. The van der Waals surface area contributed by atoms with Crippen LogP contribution in [0.1, 0.15) is 19.8 Å². The molecule has 7 heteroatoms. The molecule has 1 aromatic rings. The number of rotatable bonds is 5. The minimum atomic E-state index is -1.14. The highest BCUT2D eigenvalue weighted by Gasteiger charge is 2.19. The van der Waals surface area contributed by atoms with Gasteiger partial charge in [-0.25, -0.2) is 14.0 Å². The van der Waals surface area contributed by atoms with Crippen LogP contribution in [-0.4, -0.2) is 23.1 Å². The van der Waals surface area contributed by atoms with Crippen molar-refractivity contribution in [2.75, 3.05) is 5.32 Å². The molecule has 1 rings (SSSR count). The third-order valence-electron chi connectivity index (χ3n) is 2.36. The lowest BCUT2D eigenvalue weighted by molar-refractivity contribution is -0.139. The molecular weight excluding hydrogens is 275 g/mol. The van der Waals surface area contributed by atoms with Crippen LogP contribution in [0.25, 0.3) is 0 Å². The molecule has 0 heterocycles. The van der Waals surface area contributed by atoms with E-state index in [9.17, 15) is 14.0 Å². The molecule has 1 unspecified atom stereocenters. The van der Waals surface area contributed by atoms with E-state index in [2.05, 4.69) is 10.6 Å². The molecule has 104 valence electrons. The van der Waals surface area contributed by atoms with Crippen molar-refractivity contribution in [2.24, 2.45) is 0 Å². The van der Waals surface area contributed by atoms with Gasteiger partial charge < -0.3 is 15.7 Å². The summed E-state index contributed by atoms with van der Waals surface area (Å²) in [5, 5.41) is 13.6. The summed E-state index contributed by atoms with van der Waals surface area (Å²) in [6, 6.07) is 1.90. The third kappa shape index (κ3) is 4.75. The van der Waals surface area contributed by atoms with Gasteiger partial charge in [0.2, 0.25) is 0 Å². The van der Waals surface area contributed by atoms with Crippen molar-refractivity contribution in [1.29, 1.82) is 0 Å². The number of hydrogen-bond donors (Lipinski definition) is 3. The molecular formula is C12H14ClFN2O3. The Morgan fingerprint density at radius 2 is 2.16 bits per heavy atom. The number of nitrogens with one attached hydrogen (secondary N) is 2. The average molecular weight is 289 g/mol. The second kappa shape index (κ2) is 6.94. The Labute approximate surface area is 114 Å². The summed E-state index contributed by atoms with van der Waals surface area (Å²) >= 11 is 5.67. The van der Waals surface area contributed by atoms with Gasteiger partial charge in [0.15, 0.2) is 0 Å². The molecule has 2 amide bonds. The molecule has 3 N–H and O–H groups in total. The van der Waals surface area contributed by atoms with Crippen LogP contribution < -0.4 is 10.6 Å². The maximum Gasteiger partial charge on any atom is 0.326 e. The van der Waals surface area contributed by atoms with Gasteiger partial charge in [-0.15, -0.1) is 0 Å². The number of carbonyl (C=O) groups excluding carboxylic acids is 1. The van der Waals surface area contributed by atoms with Crippen LogP contribution in [0.2, 0.25) is 5.02 Å². The number of carboxylic acid groups (broad SMARTS) is 1. The number of anilines is 1. The molecule has 0 radical (unpaired) electrons. The van der Waals surface area contributed by atoms with Gasteiger partial charge in [0.25, 0.3) is 0 Å². The van der Waals surface area contributed by atoms with E-state index < -0.39 is 23.9 Å². The summed E-state index contributed by atoms with van der Waals surface area (Å²) in [5.74, 6) is -1.79. The molecule has 0 fully saturated rings. The number of benzene rings is 1. The zero-order valence-corrected chi connectivity index (χ0v) is 11.0. The van der Waals surface area contributed by atoms with Gasteiger partial charge in [0.05, 0.1) is 5.69 Å². The summed E-state index contributed by atoms with van der Waals surface area (Å²) in [6.45, 7) is 1.80. The van der Waals surface area contributed by atoms with E-state index in [1.165, 1.54) is 12.1 Å². The molecule has 5 nitrogen and oxygen atoms in total. The zero-order chi connectivity index (χ0) is 14.4. The first-order valence-corrected chi connectivity index (χ1v) is 6.07. The SMILES string of the molecule is CCCC(NC(=O)Nc1cc(Cl)ccc1F)C(=O)O. The van der Waals surface area contributed by atoms with E-state index in [4.69, 9.17) is 16.7 Å². The highest BCUT2D eigenvalue weighted by molar-refractivity contribution is 6.30. The van der Waals surface area contributed by atoms with Gasteiger partial charge in [-0.1, -0.05) is 24.9 Å². The quantitative estimate of drug-likeness (QED) is 0.779. The van der Waals surface area contributed by atoms with Crippen molar-refractivity contribution in [3.8, 4) is 0 Å². The van der Waals surface area contributed by atoms with Crippen LogP contribution in [0, 0.1) is 5.82 Å². The molecule has 19 heavy (non-hydrogen) atoms. The first kappa shape index (κ1) is 15.2. The summed E-state index contributed by atoms with van der Waals surface area (Å²) in [4.78, 5) is 22.4. The number of carbonyl (C=O) groups is 2. The van der Waals surface area contributed by atoms with Crippen LogP contribution in [-0.2, 0) is 4.79 Å². The smallest absolute Gasteiger partial charge is 0.326 e. The maximum absolute atomic E-state index is 13.4. The number of carboxylic acids is 1. The van der Waals surface area contributed by atoms with E-state index in [-0.39, 0.29) is 10.7 Å². The van der Waals surface area contributed by atoms with Gasteiger partial charge in [0, 0.05) is 5.02 Å². The molecule has 0 aromatic heterocycles. The predicted molar refractivity (Wildman–Crippen MR) is 69.9 cm³/mol. The van der Waals surface area contributed by atoms with Crippen molar-refractivity contribution in [2.45, 2.75) is 25.8 Å². The van der Waals surface area contributed by atoms with Crippen molar-refractivity contribution in [1.82, 2.24) is 5.32 Å². The molecule has 0 aliphatic rings. The van der Waals surface area contributed by atoms with Crippen LogP contribution in [0.5, 0.6) is 0 Å². The van der Waals surface area contributed by atoms with Gasteiger partial charge in [-0.2, -0.15) is 0 Å². The van der Waals surface area contributed by atoms with Crippen LogP contribution >= 0.6 is 11.6 Å². The molecule has 0 aliphatic heterocycles. The first-order valence-electron chi connectivity index (χ1n) is 5.69. The topological polar surface area (TPSA) is 78.4 Å². The fraction of sp³-hybridized carbons (Fsp3) is 0.333. The first-order chi connectivity index (χ1) is 8.93. The standard InChI is InChI=1S/C12H14ClFN2O3/c1-2-3-9(11(17)18)15-12(19)16-10-6-7(13)4-5-8(10)14/h4-6,9H,2-3H2,1H3,(H,17,18)(H2,15,16,19). The largest absolute Gasteiger partial charge is 0.480 e.